The Labute approximate surface area is 201 Å². The zero-order chi connectivity index (χ0) is 24.8. The lowest BCUT2D eigenvalue weighted by molar-refractivity contribution is -0.134. The van der Waals surface area contributed by atoms with E-state index in [1.165, 1.54) is 12.0 Å². The molecular weight excluding hydrogens is 432 g/mol. The van der Waals surface area contributed by atoms with E-state index < -0.39 is 0 Å². The number of aryl methyl sites for hydroxylation is 2. The summed E-state index contributed by atoms with van der Waals surface area (Å²) in [4.78, 5) is 42.8. The van der Waals surface area contributed by atoms with Gasteiger partial charge in [-0.15, -0.1) is 0 Å². The number of carbonyl (C=O) groups is 3. The molecule has 1 N–H and O–H groups in total. The van der Waals surface area contributed by atoms with Gasteiger partial charge in [-0.1, -0.05) is 18.2 Å². The molecule has 1 fully saturated rings. The molecule has 0 radical (unpaired) electrons. The van der Waals surface area contributed by atoms with Crippen LogP contribution in [0.3, 0.4) is 0 Å². The van der Waals surface area contributed by atoms with Crippen molar-refractivity contribution in [3.8, 4) is 0 Å². The third-order valence-corrected chi connectivity index (χ3v) is 6.31. The highest BCUT2D eigenvalue weighted by molar-refractivity contribution is 5.96. The molecule has 1 atom stereocenters. The van der Waals surface area contributed by atoms with Crippen molar-refractivity contribution in [2.45, 2.75) is 26.8 Å². The zero-order valence-corrected chi connectivity index (χ0v) is 20.6. The molecule has 1 unspecified atom stereocenters. The number of rotatable bonds is 7. The maximum Gasteiger partial charge on any atom is 0.337 e. The predicted octanol–water partition coefficient (Wildman–Crippen LogP) is 2.70. The Balaban J connectivity index is 1.50. The molecule has 0 spiro atoms. The maximum atomic E-state index is 12.8. The molecule has 0 bridgehead atoms. The first-order chi connectivity index (χ1) is 16.2. The van der Waals surface area contributed by atoms with Crippen molar-refractivity contribution in [2.24, 2.45) is 0 Å². The van der Waals surface area contributed by atoms with Gasteiger partial charge in [0, 0.05) is 44.1 Å². The third-order valence-electron chi connectivity index (χ3n) is 6.31. The molecule has 2 aromatic carbocycles. The molecule has 2 amide bonds. The van der Waals surface area contributed by atoms with Crippen LogP contribution in [0.4, 0.5) is 11.4 Å². The average Bonchev–Trinajstić information content (AvgIpc) is 2.82. The van der Waals surface area contributed by atoms with Crippen molar-refractivity contribution in [3.05, 3.63) is 59.2 Å². The largest absolute Gasteiger partial charge is 0.465 e. The molecule has 0 aliphatic carbocycles. The molecule has 3 rings (SSSR count). The third kappa shape index (κ3) is 6.14. The lowest BCUT2D eigenvalue weighted by Gasteiger charge is -2.41. The Kier molecular flexibility index (Phi) is 8.28. The molecule has 1 heterocycles. The fourth-order valence-electron chi connectivity index (χ4n) is 4.18. The number of anilines is 2. The highest BCUT2D eigenvalue weighted by Gasteiger charge is 2.27. The van der Waals surface area contributed by atoms with E-state index >= 15 is 0 Å². The standard InChI is InChI=1S/C26H34N4O4/c1-18-7-6-8-19(2)25(18)27-23(31)16-28(4)24(32)17-29-13-14-30(15-20(29)3)22-11-9-21(10-12-22)26(33)34-5/h6-12,20H,13-17H2,1-5H3,(H,27,31). The zero-order valence-electron chi connectivity index (χ0n) is 20.6. The number of hydrogen-bond donors (Lipinski definition) is 1. The lowest BCUT2D eigenvalue weighted by Crippen LogP contribution is -2.54. The number of esters is 1. The van der Waals surface area contributed by atoms with E-state index in [4.69, 9.17) is 4.74 Å². The van der Waals surface area contributed by atoms with Crippen LogP contribution in [0.2, 0.25) is 0 Å². The first-order valence-electron chi connectivity index (χ1n) is 11.5. The molecule has 2 aromatic rings. The number of carbonyl (C=O) groups excluding carboxylic acids is 3. The molecule has 1 aliphatic rings. The summed E-state index contributed by atoms with van der Waals surface area (Å²) in [7, 11) is 3.03. The summed E-state index contributed by atoms with van der Waals surface area (Å²) in [6.45, 7) is 8.53. The normalized spacial score (nSPS) is 16.1. The van der Waals surface area contributed by atoms with Crippen LogP contribution in [0.1, 0.15) is 28.4 Å². The van der Waals surface area contributed by atoms with Crippen LogP contribution in [0.25, 0.3) is 0 Å². The minimum absolute atomic E-state index is 0.00744. The highest BCUT2D eigenvalue weighted by atomic mass is 16.5. The molecule has 34 heavy (non-hydrogen) atoms. The summed E-state index contributed by atoms with van der Waals surface area (Å²) in [6, 6.07) is 13.4. The molecule has 182 valence electrons. The minimum Gasteiger partial charge on any atom is -0.465 e. The number of benzene rings is 2. The quantitative estimate of drug-likeness (QED) is 0.632. The Morgan fingerprint density at radius 1 is 1.06 bits per heavy atom. The number of para-hydroxylation sites is 1. The van der Waals surface area contributed by atoms with Gasteiger partial charge in [-0.05, 0) is 56.2 Å². The van der Waals surface area contributed by atoms with E-state index in [0.717, 1.165) is 42.1 Å². The van der Waals surface area contributed by atoms with Gasteiger partial charge in [0.15, 0.2) is 0 Å². The molecule has 0 saturated carbocycles. The Morgan fingerprint density at radius 2 is 1.71 bits per heavy atom. The average molecular weight is 467 g/mol. The van der Waals surface area contributed by atoms with E-state index in [9.17, 15) is 14.4 Å². The smallest absolute Gasteiger partial charge is 0.337 e. The van der Waals surface area contributed by atoms with E-state index in [0.29, 0.717) is 5.56 Å². The summed E-state index contributed by atoms with van der Waals surface area (Å²) in [5.74, 6) is -0.643. The molecule has 1 aliphatic heterocycles. The van der Waals surface area contributed by atoms with E-state index in [1.54, 1.807) is 19.2 Å². The van der Waals surface area contributed by atoms with Gasteiger partial charge in [-0.3, -0.25) is 14.5 Å². The van der Waals surface area contributed by atoms with Crippen molar-refractivity contribution in [2.75, 3.05) is 57.1 Å². The van der Waals surface area contributed by atoms with E-state index in [-0.39, 0.29) is 36.9 Å². The molecule has 8 heteroatoms. The lowest BCUT2D eigenvalue weighted by atomic mass is 10.1. The number of methoxy groups -OCH3 is 1. The number of likely N-dealkylation sites (N-methyl/N-ethyl adjacent to an activating group) is 1. The first kappa shape index (κ1) is 25.2. The first-order valence-corrected chi connectivity index (χ1v) is 11.5. The number of piperazine rings is 1. The maximum absolute atomic E-state index is 12.8. The minimum atomic E-state index is -0.352. The second-order valence-corrected chi connectivity index (χ2v) is 8.87. The fourth-order valence-corrected chi connectivity index (χ4v) is 4.18. The van der Waals surface area contributed by atoms with Crippen molar-refractivity contribution >= 4 is 29.2 Å². The topological polar surface area (TPSA) is 82.2 Å². The van der Waals surface area contributed by atoms with Gasteiger partial charge in [0.1, 0.15) is 0 Å². The number of nitrogens with zero attached hydrogens (tertiary/aromatic N) is 3. The SMILES string of the molecule is COC(=O)c1ccc(N2CCN(CC(=O)N(C)CC(=O)Nc3c(C)cccc3C)C(C)C2)cc1. The van der Waals surface area contributed by atoms with Gasteiger partial charge in [-0.25, -0.2) is 4.79 Å². The fraction of sp³-hybridized carbons (Fsp3) is 0.423. The highest BCUT2D eigenvalue weighted by Crippen LogP contribution is 2.21. The van der Waals surface area contributed by atoms with Crippen molar-refractivity contribution in [1.29, 1.82) is 0 Å². The van der Waals surface area contributed by atoms with Crippen LogP contribution in [0.5, 0.6) is 0 Å². The summed E-state index contributed by atoms with van der Waals surface area (Å²) >= 11 is 0. The number of hydrogen-bond acceptors (Lipinski definition) is 6. The van der Waals surface area contributed by atoms with Gasteiger partial charge in [-0.2, -0.15) is 0 Å². The predicted molar refractivity (Wildman–Crippen MR) is 133 cm³/mol. The Bertz CT molecular complexity index is 1020. The summed E-state index contributed by atoms with van der Waals surface area (Å²) < 4.78 is 4.75. The molecule has 0 aromatic heterocycles. The van der Waals surface area contributed by atoms with E-state index in [1.807, 2.05) is 44.2 Å². The summed E-state index contributed by atoms with van der Waals surface area (Å²) in [5, 5.41) is 2.93. The van der Waals surface area contributed by atoms with Crippen molar-refractivity contribution in [1.82, 2.24) is 9.80 Å². The van der Waals surface area contributed by atoms with Crippen LogP contribution in [0.15, 0.2) is 42.5 Å². The van der Waals surface area contributed by atoms with Crippen molar-refractivity contribution in [3.63, 3.8) is 0 Å². The van der Waals surface area contributed by atoms with Crippen LogP contribution < -0.4 is 10.2 Å². The number of nitrogens with one attached hydrogen (secondary N) is 1. The Morgan fingerprint density at radius 3 is 2.29 bits per heavy atom. The summed E-state index contributed by atoms with van der Waals surface area (Å²) in [5.41, 5.74) is 4.35. The Hall–Kier alpha value is -3.39. The van der Waals surface area contributed by atoms with Crippen molar-refractivity contribution < 1.29 is 19.1 Å². The second kappa shape index (κ2) is 11.2. The van der Waals surface area contributed by atoms with Crippen LogP contribution in [0, 0.1) is 13.8 Å². The van der Waals surface area contributed by atoms with Crippen LogP contribution in [-0.4, -0.2) is 80.5 Å². The van der Waals surface area contributed by atoms with Gasteiger partial charge < -0.3 is 19.9 Å². The van der Waals surface area contributed by atoms with E-state index in [2.05, 4.69) is 22.0 Å². The van der Waals surface area contributed by atoms with Gasteiger partial charge in [0.25, 0.3) is 0 Å². The van der Waals surface area contributed by atoms with Gasteiger partial charge >= 0.3 is 5.97 Å². The van der Waals surface area contributed by atoms with Crippen LogP contribution >= 0.6 is 0 Å². The molecular formula is C26H34N4O4. The molecule has 1 saturated heterocycles. The monoisotopic (exact) mass is 466 g/mol. The second-order valence-electron chi connectivity index (χ2n) is 8.87. The van der Waals surface area contributed by atoms with Crippen LogP contribution in [-0.2, 0) is 14.3 Å². The van der Waals surface area contributed by atoms with Gasteiger partial charge in [0.2, 0.25) is 11.8 Å². The summed E-state index contributed by atoms with van der Waals surface area (Å²) in [6.07, 6.45) is 0. The number of ether oxygens (including phenoxy) is 1. The van der Waals surface area contributed by atoms with Gasteiger partial charge in [0.05, 0.1) is 25.8 Å². The molecule has 8 nitrogen and oxygen atoms in total. The number of amides is 2.